The van der Waals surface area contributed by atoms with Crippen molar-refractivity contribution in [3.8, 4) is 0 Å². The summed E-state index contributed by atoms with van der Waals surface area (Å²) in [5, 5.41) is 3.45. The molecule has 3 heteroatoms. The van der Waals surface area contributed by atoms with Gasteiger partial charge in [0, 0.05) is 35.8 Å². The maximum absolute atomic E-state index is 3.45. The van der Waals surface area contributed by atoms with Crippen LogP contribution in [-0.4, -0.2) is 31.1 Å². The number of piperazine rings is 1. The van der Waals surface area contributed by atoms with Crippen molar-refractivity contribution in [1.29, 1.82) is 0 Å². The third-order valence-corrected chi connectivity index (χ3v) is 4.93. The van der Waals surface area contributed by atoms with Gasteiger partial charge in [-0.15, -0.1) is 0 Å². The summed E-state index contributed by atoms with van der Waals surface area (Å²) >= 11 is 2.48. The lowest BCUT2D eigenvalue weighted by atomic mass is 9.90. The second-order valence-corrected chi connectivity index (χ2v) is 6.30. The van der Waals surface area contributed by atoms with E-state index >= 15 is 0 Å². The van der Waals surface area contributed by atoms with Crippen LogP contribution in [0.25, 0.3) is 0 Å². The standard InChI is InChI=1S/C15H23IN2/c1-3-12(2)15(18-10-8-17-9-11-18)13-6-4-5-7-14(13)16/h4-7,12,15,17H,3,8-11H2,1-2H3/t12?,15-/m0/s1. The molecule has 1 aromatic rings. The Morgan fingerprint density at radius 1 is 1.28 bits per heavy atom. The van der Waals surface area contributed by atoms with E-state index in [-0.39, 0.29) is 0 Å². The number of benzene rings is 1. The molecule has 1 unspecified atom stereocenters. The largest absolute Gasteiger partial charge is 0.314 e. The molecule has 1 aliphatic rings. The second-order valence-electron chi connectivity index (χ2n) is 5.14. The van der Waals surface area contributed by atoms with E-state index in [2.05, 4.69) is 70.9 Å². The quantitative estimate of drug-likeness (QED) is 0.831. The van der Waals surface area contributed by atoms with Crippen LogP contribution in [0.5, 0.6) is 0 Å². The zero-order valence-electron chi connectivity index (χ0n) is 11.3. The summed E-state index contributed by atoms with van der Waals surface area (Å²) in [6.07, 6.45) is 1.24. The molecule has 0 amide bonds. The molecule has 0 aromatic heterocycles. The van der Waals surface area contributed by atoms with Crippen molar-refractivity contribution >= 4 is 22.6 Å². The van der Waals surface area contributed by atoms with Gasteiger partial charge in [-0.25, -0.2) is 0 Å². The Kier molecular flexibility index (Phi) is 5.45. The number of nitrogens with zero attached hydrogens (tertiary/aromatic N) is 1. The molecule has 100 valence electrons. The molecule has 1 heterocycles. The maximum Gasteiger partial charge on any atom is 0.0385 e. The highest BCUT2D eigenvalue weighted by Gasteiger charge is 2.27. The lowest BCUT2D eigenvalue weighted by Gasteiger charge is -2.38. The Morgan fingerprint density at radius 2 is 1.94 bits per heavy atom. The van der Waals surface area contributed by atoms with Crippen molar-refractivity contribution in [1.82, 2.24) is 10.2 Å². The fourth-order valence-corrected chi connectivity index (χ4v) is 3.47. The first-order valence-electron chi connectivity index (χ1n) is 6.93. The third kappa shape index (κ3) is 3.25. The number of hydrogen-bond acceptors (Lipinski definition) is 2. The van der Waals surface area contributed by atoms with E-state index in [0.29, 0.717) is 12.0 Å². The molecule has 2 rings (SSSR count). The highest BCUT2D eigenvalue weighted by atomic mass is 127. The molecular formula is C15H23IN2. The lowest BCUT2D eigenvalue weighted by molar-refractivity contribution is 0.128. The summed E-state index contributed by atoms with van der Waals surface area (Å²) in [5.41, 5.74) is 1.51. The second kappa shape index (κ2) is 6.87. The minimum absolute atomic E-state index is 0.574. The predicted molar refractivity (Wildman–Crippen MR) is 85.8 cm³/mol. The molecule has 0 aliphatic carbocycles. The van der Waals surface area contributed by atoms with Crippen molar-refractivity contribution in [2.45, 2.75) is 26.3 Å². The van der Waals surface area contributed by atoms with Crippen LogP contribution >= 0.6 is 22.6 Å². The van der Waals surface area contributed by atoms with E-state index < -0.39 is 0 Å². The van der Waals surface area contributed by atoms with Crippen LogP contribution in [0.1, 0.15) is 31.9 Å². The Morgan fingerprint density at radius 3 is 2.56 bits per heavy atom. The summed E-state index contributed by atoms with van der Waals surface area (Å²) in [4.78, 5) is 2.65. The van der Waals surface area contributed by atoms with Gasteiger partial charge in [0.05, 0.1) is 0 Å². The SMILES string of the molecule is CCC(C)[C@@H](c1ccccc1I)N1CCNCC1. The fourth-order valence-electron chi connectivity index (χ4n) is 2.76. The molecule has 0 spiro atoms. The van der Waals surface area contributed by atoms with Crippen LogP contribution in [0, 0.1) is 9.49 Å². The van der Waals surface area contributed by atoms with Crippen LogP contribution in [0.4, 0.5) is 0 Å². The molecule has 1 aromatic carbocycles. The zero-order chi connectivity index (χ0) is 13.0. The first-order chi connectivity index (χ1) is 8.74. The van der Waals surface area contributed by atoms with E-state index in [0.717, 1.165) is 13.1 Å². The van der Waals surface area contributed by atoms with Gasteiger partial charge >= 0.3 is 0 Å². The molecule has 2 nitrogen and oxygen atoms in total. The third-order valence-electron chi connectivity index (χ3n) is 3.95. The van der Waals surface area contributed by atoms with Crippen LogP contribution in [0.3, 0.4) is 0 Å². The van der Waals surface area contributed by atoms with Crippen LogP contribution in [0.15, 0.2) is 24.3 Å². The molecule has 2 atom stereocenters. The maximum atomic E-state index is 3.45. The highest BCUT2D eigenvalue weighted by molar-refractivity contribution is 14.1. The average Bonchev–Trinajstić information content (AvgIpc) is 2.42. The first kappa shape index (κ1) is 14.3. The van der Waals surface area contributed by atoms with Gasteiger partial charge in [-0.05, 0) is 40.1 Å². The van der Waals surface area contributed by atoms with Gasteiger partial charge in [0.15, 0.2) is 0 Å². The van der Waals surface area contributed by atoms with Crippen LogP contribution in [0.2, 0.25) is 0 Å². The van der Waals surface area contributed by atoms with Gasteiger partial charge < -0.3 is 5.32 Å². The van der Waals surface area contributed by atoms with Gasteiger partial charge in [0.2, 0.25) is 0 Å². The topological polar surface area (TPSA) is 15.3 Å². The summed E-state index contributed by atoms with van der Waals surface area (Å²) in [6, 6.07) is 9.42. The van der Waals surface area contributed by atoms with Crippen molar-refractivity contribution in [3.63, 3.8) is 0 Å². The molecule has 0 saturated carbocycles. The minimum Gasteiger partial charge on any atom is -0.314 e. The van der Waals surface area contributed by atoms with Crippen molar-refractivity contribution in [3.05, 3.63) is 33.4 Å². The van der Waals surface area contributed by atoms with Gasteiger partial charge in [-0.3, -0.25) is 4.90 Å². The summed E-state index contributed by atoms with van der Waals surface area (Å²) in [5.74, 6) is 0.707. The zero-order valence-corrected chi connectivity index (χ0v) is 13.5. The van der Waals surface area contributed by atoms with Crippen LogP contribution < -0.4 is 5.32 Å². The van der Waals surface area contributed by atoms with Crippen molar-refractivity contribution < 1.29 is 0 Å². The normalized spacial score (nSPS) is 20.6. The average molecular weight is 358 g/mol. The lowest BCUT2D eigenvalue weighted by Crippen LogP contribution is -2.46. The van der Waals surface area contributed by atoms with Crippen molar-refractivity contribution in [2.24, 2.45) is 5.92 Å². The molecular weight excluding hydrogens is 335 g/mol. The Balaban J connectivity index is 2.27. The summed E-state index contributed by atoms with van der Waals surface area (Å²) in [7, 11) is 0. The molecule has 1 fully saturated rings. The minimum atomic E-state index is 0.574. The van der Waals surface area contributed by atoms with E-state index in [1.54, 1.807) is 0 Å². The van der Waals surface area contributed by atoms with E-state index in [4.69, 9.17) is 0 Å². The number of hydrogen-bond donors (Lipinski definition) is 1. The molecule has 0 radical (unpaired) electrons. The molecule has 1 saturated heterocycles. The number of halogens is 1. The van der Waals surface area contributed by atoms with Crippen LogP contribution in [-0.2, 0) is 0 Å². The van der Waals surface area contributed by atoms with E-state index in [1.165, 1.54) is 28.6 Å². The van der Waals surface area contributed by atoms with E-state index in [9.17, 15) is 0 Å². The van der Waals surface area contributed by atoms with Gasteiger partial charge in [0.25, 0.3) is 0 Å². The first-order valence-corrected chi connectivity index (χ1v) is 8.01. The number of rotatable bonds is 4. The predicted octanol–water partition coefficient (Wildman–Crippen LogP) is 3.28. The highest BCUT2D eigenvalue weighted by Crippen LogP contribution is 2.33. The van der Waals surface area contributed by atoms with Gasteiger partial charge in [-0.1, -0.05) is 38.5 Å². The smallest absolute Gasteiger partial charge is 0.0385 e. The summed E-state index contributed by atoms with van der Waals surface area (Å²) in [6.45, 7) is 9.26. The van der Waals surface area contributed by atoms with E-state index in [1.807, 2.05) is 0 Å². The van der Waals surface area contributed by atoms with Gasteiger partial charge in [0.1, 0.15) is 0 Å². The fraction of sp³-hybridized carbons (Fsp3) is 0.600. The molecule has 18 heavy (non-hydrogen) atoms. The number of nitrogens with one attached hydrogen (secondary N) is 1. The Hall–Kier alpha value is -0.130. The van der Waals surface area contributed by atoms with Gasteiger partial charge in [-0.2, -0.15) is 0 Å². The molecule has 0 bridgehead atoms. The molecule has 1 aliphatic heterocycles. The Labute approximate surface area is 124 Å². The Bertz CT molecular complexity index is 375. The monoisotopic (exact) mass is 358 g/mol. The van der Waals surface area contributed by atoms with Crippen molar-refractivity contribution in [2.75, 3.05) is 26.2 Å². The summed E-state index contributed by atoms with van der Waals surface area (Å²) < 4.78 is 1.40. The molecule has 1 N–H and O–H groups in total.